The summed E-state index contributed by atoms with van der Waals surface area (Å²) in [6, 6.07) is 4.49. The van der Waals surface area contributed by atoms with Crippen LogP contribution in [0.25, 0.3) is 11.0 Å². The van der Waals surface area contributed by atoms with Gasteiger partial charge < -0.3 is 15.0 Å². The Morgan fingerprint density at radius 1 is 1.33 bits per heavy atom. The first kappa shape index (κ1) is 13.3. The highest BCUT2D eigenvalue weighted by molar-refractivity contribution is 5.93. The molecule has 0 saturated carbocycles. The van der Waals surface area contributed by atoms with Crippen molar-refractivity contribution in [3.8, 4) is 5.75 Å². The van der Waals surface area contributed by atoms with Gasteiger partial charge in [-0.25, -0.2) is 0 Å². The van der Waals surface area contributed by atoms with Gasteiger partial charge in [0.15, 0.2) is 11.4 Å². The van der Waals surface area contributed by atoms with Crippen LogP contribution in [0.1, 0.15) is 5.56 Å². The molecule has 6 nitrogen and oxygen atoms in total. The maximum Gasteiger partial charge on any atom is 0.573 e. The van der Waals surface area contributed by atoms with Gasteiger partial charge in [0, 0.05) is 12.4 Å². The third-order valence-corrected chi connectivity index (χ3v) is 2.75. The summed E-state index contributed by atoms with van der Waals surface area (Å²) in [5, 5.41) is 7.44. The first-order chi connectivity index (χ1) is 9.92. The molecule has 0 aliphatic carbocycles. The quantitative estimate of drug-likeness (QED) is 0.804. The van der Waals surface area contributed by atoms with Crippen molar-refractivity contribution in [2.75, 3.05) is 5.73 Å². The fourth-order valence-electron chi connectivity index (χ4n) is 1.99. The maximum absolute atomic E-state index is 12.5. The van der Waals surface area contributed by atoms with E-state index in [-0.39, 0.29) is 23.3 Å². The normalized spacial score (nSPS) is 12.0. The third-order valence-electron chi connectivity index (χ3n) is 2.75. The van der Waals surface area contributed by atoms with Gasteiger partial charge in [0.1, 0.15) is 11.1 Å². The smallest absolute Gasteiger partial charge is 0.405 e. The van der Waals surface area contributed by atoms with E-state index in [9.17, 15) is 13.2 Å². The summed E-state index contributed by atoms with van der Waals surface area (Å²) >= 11 is 0. The minimum absolute atomic E-state index is 0.00320. The van der Waals surface area contributed by atoms with Crippen LogP contribution in [0.2, 0.25) is 0 Å². The highest BCUT2D eigenvalue weighted by atomic mass is 19.4. The minimum Gasteiger partial charge on any atom is -0.405 e. The topological polar surface area (TPSA) is 79.1 Å². The summed E-state index contributed by atoms with van der Waals surface area (Å²) < 4.78 is 47.9. The van der Waals surface area contributed by atoms with E-state index >= 15 is 0 Å². The molecule has 0 saturated heterocycles. The van der Waals surface area contributed by atoms with E-state index in [1.807, 2.05) is 0 Å². The number of nitrogens with zero attached hydrogens (tertiary/aromatic N) is 3. The molecule has 0 fully saturated rings. The zero-order valence-corrected chi connectivity index (χ0v) is 10.5. The Balaban J connectivity index is 2.06. The zero-order valence-electron chi connectivity index (χ0n) is 10.5. The number of ether oxygens (including phenoxy) is 1. The molecule has 3 aromatic rings. The summed E-state index contributed by atoms with van der Waals surface area (Å²) in [6.45, 7) is 0.262. The number of alkyl halides is 3. The summed E-state index contributed by atoms with van der Waals surface area (Å²) in [7, 11) is 0. The third kappa shape index (κ3) is 2.76. The van der Waals surface area contributed by atoms with E-state index < -0.39 is 12.1 Å². The van der Waals surface area contributed by atoms with Gasteiger partial charge in [-0.05, 0) is 23.8 Å². The molecular weight excluding hydrogens is 289 g/mol. The number of benzene rings is 1. The van der Waals surface area contributed by atoms with Crippen LogP contribution in [-0.4, -0.2) is 21.3 Å². The van der Waals surface area contributed by atoms with E-state index in [1.54, 1.807) is 29.2 Å². The molecule has 2 aromatic heterocycles. The van der Waals surface area contributed by atoms with Crippen molar-refractivity contribution in [3.63, 3.8) is 0 Å². The Labute approximate surface area is 115 Å². The van der Waals surface area contributed by atoms with Gasteiger partial charge in [0.2, 0.25) is 0 Å². The van der Waals surface area contributed by atoms with Crippen molar-refractivity contribution in [2.45, 2.75) is 12.9 Å². The molecule has 9 heteroatoms. The fourth-order valence-corrected chi connectivity index (χ4v) is 1.99. The van der Waals surface area contributed by atoms with Crippen molar-refractivity contribution in [1.29, 1.82) is 0 Å². The van der Waals surface area contributed by atoms with Gasteiger partial charge in [-0.1, -0.05) is 5.16 Å². The highest BCUT2D eigenvalue weighted by Crippen LogP contribution is 2.35. The Kier molecular flexibility index (Phi) is 2.96. The molecular formula is C12H9F3N4O2. The van der Waals surface area contributed by atoms with Crippen molar-refractivity contribution in [2.24, 2.45) is 0 Å². The number of halogens is 3. The van der Waals surface area contributed by atoms with E-state index in [0.29, 0.717) is 5.56 Å². The van der Waals surface area contributed by atoms with Gasteiger partial charge in [-0.3, -0.25) is 4.68 Å². The lowest BCUT2D eigenvalue weighted by Crippen LogP contribution is -2.17. The first-order valence-corrected chi connectivity index (χ1v) is 5.83. The molecule has 1 aromatic carbocycles. The molecule has 21 heavy (non-hydrogen) atoms. The van der Waals surface area contributed by atoms with Crippen LogP contribution in [0.4, 0.5) is 19.0 Å². The second kappa shape index (κ2) is 4.69. The number of aromatic nitrogens is 3. The molecule has 0 radical (unpaired) electrons. The van der Waals surface area contributed by atoms with Crippen LogP contribution >= 0.6 is 0 Å². The van der Waals surface area contributed by atoms with Crippen LogP contribution in [0.5, 0.6) is 5.75 Å². The van der Waals surface area contributed by atoms with Crippen LogP contribution in [0, 0.1) is 0 Å². The molecule has 0 bridgehead atoms. The number of hydrogen-bond acceptors (Lipinski definition) is 5. The van der Waals surface area contributed by atoms with Gasteiger partial charge >= 0.3 is 6.36 Å². The number of nitrogen functional groups attached to an aromatic ring is 1. The van der Waals surface area contributed by atoms with Crippen molar-refractivity contribution >= 4 is 16.8 Å². The predicted molar refractivity (Wildman–Crippen MR) is 66.4 cm³/mol. The Hall–Kier alpha value is -2.71. The number of nitrogens with two attached hydrogens (primary N) is 1. The van der Waals surface area contributed by atoms with E-state index in [4.69, 9.17) is 10.3 Å². The maximum atomic E-state index is 12.5. The van der Waals surface area contributed by atoms with Crippen LogP contribution in [-0.2, 0) is 6.54 Å². The minimum atomic E-state index is -4.83. The molecule has 0 unspecified atom stereocenters. The average Bonchev–Trinajstić information content (AvgIpc) is 2.98. The molecule has 0 atom stereocenters. The van der Waals surface area contributed by atoms with Gasteiger partial charge in [0.25, 0.3) is 0 Å². The lowest BCUT2D eigenvalue weighted by Gasteiger charge is -2.11. The number of rotatable bonds is 3. The summed E-state index contributed by atoms with van der Waals surface area (Å²) in [4.78, 5) is 0. The molecule has 2 heterocycles. The van der Waals surface area contributed by atoms with Crippen molar-refractivity contribution in [3.05, 3.63) is 36.2 Å². The molecule has 0 amide bonds. The lowest BCUT2D eigenvalue weighted by molar-refractivity contribution is -0.274. The molecule has 0 spiro atoms. The Morgan fingerprint density at radius 2 is 2.14 bits per heavy atom. The van der Waals surface area contributed by atoms with Crippen LogP contribution in [0.3, 0.4) is 0 Å². The molecule has 110 valence electrons. The monoisotopic (exact) mass is 298 g/mol. The SMILES string of the molecule is Nc1noc2cc(Cn3cccn3)cc(OC(F)(F)F)c12. The van der Waals surface area contributed by atoms with Crippen molar-refractivity contribution < 1.29 is 22.4 Å². The zero-order chi connectivity index (χ0) is 15.0. The van der Waals surface area contributed by atoms with Gasteiger partial charge in [-0.15, -0.1) is 13.2 Å². The average molecular weight is 298 g/mol. The Morgan fingerprint density at radius 3 is 2.81 bits per heavy atom. The summed E-state index contributed by atoms with van der Waals surface area (Å²) in [5.74, 6) is -0.601. The van der Waals surface area contributed by atoms with E-state index in [1.165, 1.54) is 6.07 Å². The molecule has 0 aliphatic heterocycles. The highest BCUT2D eigenvalue weighted by Gasteiger charge is 2.33. The number of fused-ring (bicyclic) bond motifs is 1. The summed E-state index contributed by atoms with van der Waals surface area (Å²) in [6.07, 6.45) is -1.58. The van der Waals surface area contributed by atoms with Gasteiger partial charge in [0.05, 0.1) is 6.54 Å². The number of anilines is 1. The fraction of sp³-hybridized carbons (Fsp3) is 0.167. The second-order valence-corrected chi connectivity index (χ2v) is 4.29. The molecule has 2 N–H and O–H groups in total. The molecule has 0 aliphatic rings. The Bertz CT molecular complexity index is 765. The number of hydrogen-bond donors (Lipinski definition) is 1. The van der Waals surface area contributed by atoms with Crippen LogP contribution in [0.15, 0.2) is 35.1 Å². The van der Waals surface area contributed by atoms with Crippen LogP contribution < -0.4 is 10.5 Å². The predicted octanol–water partition coefficient (Wildman–Crippen LogP) is 2.55. The van der Waals surface area contributed by atoms with E-state index in [0.717, 1.165) is 0 Å². The molecule has 3 rings (SSSR count). The van der Waals surface area contributed by atoms with E-state index in [2.05, 4.69) is 15.0 Å². The summed E-state index contributed by atoms with van der Waals surface area (Å²) in [5.41, 5.74) is 6.15. The largest absolute Gasteiger partial charge is 0.573 e. The van der Waals surface area contributed by atoms with Gasteiger partial charge in [-0.2, -0.15) is 5.10 Å². The second-order valence-electron chi connectivity index (χ2n) is 4.29. The van der Waals surface area contributed by atoms with Crippen molar-refractivity contribution in [1.82, 2.24) is 14.9 Å². The standard InChI is InChI=1S/C12H9F3N4O2/c13-12(14,15)20-8-4-7(6-19-3-1-2-17-19)5-9-10(8)11(16)18-21-9/h1-5H,6H2,(H2,16,18). The first-order valence-electron chi connectivity index (χ1n) is 5.83. The lowest BCUT2D eigenvalue weighted by atomic mass is 10.1.